The van der Waals surface area contributed by atoms with Gasteiger partial charge in [-0.05, 0) is 89.9 Å². The molecule has 2 amide bonds. The van der Waals surface area contributed by atoms with Crippen molar-refractivity contribution < 1.29 is 33.9 Å². The third-order valence-electron chi connectivity index (χ3n) is 10.8. The van der Waals surface area contributed by atoms with Crippen LogP contribution in [-0.4, -0.2) is 75.8 Å². The van der Waals surface area contributed by atoms with Crippen molar-refractivity contribution in [3.8, 4) is 5.75 Å². The molecule has 0 unspecified atom stereocenters. The minimum absolute atomic E-state index is 0.158. The van der Waals surface area contributed by atoms with Gasteiger partial charge in [0.1, 0.15) is 0 Å². The van der Waals surface area contributed by atoms with Crippen molar-refractivity contribution in [2.75, 3.05) is 19.7 Å². The van der Waals surface area contributed by atoms with Crippen LogP contribution in [-0.2, 0) is 20.8 Å². The monoisotopic (exact) mass is 664 g/mol. The Bertz CT molecular complexity index is 1740. The molecule has 3 aromatic carbocycles. The molecule has 3 aromatic rings. The average molecular weight is 665 g/mol. The number of phenols is 1. The van der Waals surface area contributed by atoms with Crippen molar-refractivity contribution in [1.82, 2.24) is 9.80 Å². The number of hydrogen-bond acceptors (Lipinski definition) is 7. The number of aliphatic hydroxyl groups is 1. The molecule has 3 heterocycles. The van der Waals surface area contributed by atoms with Gasteiger partial charge in [-0.15, -0.1) is 0 Å². The molecule has 254 valence electrons. The lowest BCUT2D eigenvalue weighted by atomic mass is 9.58. The van der Waals surface area contributed by atoms with Crippen molar-refractivity contribution >= 4 is 30.6 Å². The van der Waals surface area contributed by atoms with Crippen LogP contribution >= 0.6 is 0 Å². The first kappa shape index (κ1) is 33.4. The van der Waals surface area contributed by atoms with E-state index in [0.29, 0.717) is 24.8 Å². The van der Waals surface area contributed by atoms with Gasteiger partial charge in [0.2, 0.25) is 11.8 Å². The van der Waals surface area contributed by atoms with Crippen molar-refractivity contribution in [2.45, 2.75) is 57.1 Å². The van der Waals surface area contributed by atoms with Crippen molar-refractivity contribution in [2.24, 2.45) is 17.8 Å². The van der Waals surface area contributed by atoms with Gasteiger partial charge in [-0.2, -0.15) is 0 Å². The van der Waals surface area contributed by atoms with Crippen LogP contribution in [0, 0.1) is 23.6 Å². The second kappa shape index (κ2) is 14.4. The van der Waals surface area contributed by atoms with Gasteiger partial charge in [-0.1, -0.05) is 72.8 Å². The quantitative estimate of drug-likeness (QED) is 0.123. The summed E-state index contributed by atoms with van der Waals surface area (Å²) in [5, 5.41) is 31.3. The molecule has 4 atom stereocenters. The maximum absolute atomic E-state index is 14.2. The number of halogens is 1. The molecule has 10 heteroatoms. The van der Waals surface area contributed by atoms with Gasteiger partial charge in [0.05, 0.1) is 24.5 Å². The van der Waals surface area contributed by atoms with Crippen molar-refractivity contribution in [1.29, 1.82) is 0 Å². The molecule has 49 heavy (non-hydrogen) atoms. The van der Waals surface area contributed by atoms with E-state index in [1.165, 1.54) is 22.6 Å². The third kappa shape index (κ3) is 6.88. The van der Waals surface area contributed by atoms with Gasteiger partial charge in [0.15, 0.2) is 11.6 Å². The van der Waals surface area contributed by atoms with E-state index in [9.17, 15) is 29.2 Å². The van der Waals surface area contributed by atoms with E-state index in [2.05, 4.69) is 17.0 Å². The van der Waals surface area contributed by atoms with Crippen LogP contribution in [0.15, 0.2) is 90.0 Å². The van der Waals surface area contributed by atoms with Crippen LogP contribution in [0.2, 0.25) is 6.32 Å². The molecule has 3 saturated heterocycles. The van der Waals surface area contributed by atoms with E-state index in [4.69, 9.17) is 4.65 Å². The Kier molecular flexibility index (Phi) is 9.83. The highest BCUT2D eigenvalue weighted by atomic mass is 19.1. The van der Waals surface area contributed by atoms with Gasteiger partial charge in [-0.25, -0.2) is 4.39 Å². The number of phenolic OH excluding ortho intramolecular Hbond substituents is 1. The Balaban J connectivity index is 1.10. The number of benzene rings is 3. The first-order chi connectivity index (χ1) is 23.8. The Labute approximate surface area is 286 Å². The molecular weight excluding hydrogens is 622 g/mol. The van der Waals surface area contributed by atoms with Crippen LogP contribution in [0.25, 0.3) is 11.6 Å². The average Bonchev–Trinajstić information content (AvgIpc) is 3.37. The predicted molar refractivity (Wildman–Crippen MR) is 185 cm³/mol. The van der Waals surface area contributed by atoms with Crippen LogP contribution in [0.3, 0.4) is 0 Å². The summed E-state index contributed by atoms with van der Waals surface area (Å²) in [5.74, 6) is -3.01. The van der Waals surface area contributed by atoms with E-state index < -0.39 is 42.5 Å². The first-order valence-electron chi connectivity index (χ1n) is 17.3. The zero-order chi connectivity index (χ0) is 34.1. The molecule has 4 aliphatic rings. The fraction of sp³-hybridized carbons (Fsp3) is 0.385. The molecule has 0 radical (unpaired) electrons. The smallest absolute Gasteiger partial charge is 0.455 e. The number of likely N-dealkylation sites (tertiary alicyclic amines) is 2. The molecule has 8 nitrogen and oxygen atoms in total. The Morgan fingerprint density at radius 3 is 2.37 bits per heavy atom. The lowest BCUT2D eigenvalue weighted by Gasteiger charge is -2.43. The van der Waals surface area contributed by atoms with E-state index in [0.717, 1.165) is 54.8 Å². The van der Waals surface area contributed by atoms with Gasteiger partial charge in [0, 0.05) is 25.7 Å². The number of carbonyl (C=O) groups excluding carboxylic acids is 2. The van der Waals surface area contributed by atoms with Gasteiger partial charge in [-0.3, -0.25) is 19.4 Å². The number of hydrogen-bond donors (Lipinski definition) is 3. The zero-order valence-electron chi connectivity index (χ0n) is 27.5. The molecule has 0 bridgehead atoms. The maximum atomic E-state index is 14.2. The van der Waals surface area contributed by atoms with Crippen LogP contribution in [0.1, 0.15) is 48.8 Å². The van der Waals surface area contributed by atoms with Crippen LogP contribution in [0.4, 0.5) is 4.39 Å². The highest BCUT2D eigenvalue weighted by Gasteiger charge is 2.58. The van der Waals surface area contributed by atoms with Crippen LogP contribution < -0.4 is 0 Å². The predicted octanol–water partition coefficient (Wildman–Crippen LogP) is 5.31. The number of carbonyl (C=O) groups is 2. The van der Waals surface area contributed by atoms with Crippen molar-refractivity contribution in [3.63, 3.8) is 0 Å². The fourth-order valence-electron chi connectivity index (χ4n) is 8.52. The Morgan fingerprint density at radius 2 is 1.67 bits per heavy atom. The number of fused-ring (bicyclic) bond motifs is 3. The summed E-state index contributed by atoms with van der Waals surface area (Å²) in [6.07, 6.45) is 4.15. The topological polar surface area (TPSA) is 111 Å². The van der Waals surface area contributed by atoms with E-state index >= 15 is 0 Å². The number of aromatic hydroxyl groups is 1. The lowest BCUT2D eigenvalue weighted by molar-refractivity contribution is -0.144. The summed E-state index contributed by atoms with van der Waals surface area (Å²) < 4.78 is 20.3. The number of nitrogens with zero attached hydrogens (tertiary/aromatic N) is 2. The third-order valence-corrected chi connectivity index (χ3v) is 10.8. The summed E-state index contributed by atoms with van der Waals surface area (Å²) >= 11 is 0. The second-order valence-electron chi connectivity index (χ2n) is 13.8. The lowest BCUT2D eigenvalue weighted by Crippen LogP contribution is -2.48. The SMILES string of the molecule is O=C1[C@@H]2[C@@H](CC(CO)=C3[C@@H](CC/C(=C/c4ccc(O)c(F)c4)c4ccccc4)OB(O)C[C@@H]32)C(=O)N1C1CCN(Cc2ccccc2)CC1. The molecule has 0 saturated carbocycles. The number of piperidine rings is 1. The first-order valence-corrected chi connectivity index (χ1v) is 17.3. The van der Waals surface area contributed by atoms with Crippen LogP contribution in [0.5, 0.6) is 5.75 Å². The van der Waals surface area contributed by atoms with Gasteiger partial charge >= 0.3 is 7.12 Å². The molecule has 0 spiro atoms. The Morgan fingerprint density at radius 1 is 0.959 bits per heavy atom. The number of allylic oxidation sites excluding steroid dienone is 1. The Hall–Kier alpha value is -4.09. The largest absolute Gasteiger partial charge is 0.505 e. The van der Waals surface area contributed by atoms with Crippen molar-refractivity contribution in [3.05, 3.63) is 113 Å². The fourth-order valence-corrected chi connectivity index (χ4v) is 8.52. The summed E-state index contributed by atoms with van der Waals surface area (Å²) in [4.78, 5) is 32.1. The maximum Gasteiger partial charge on any atom is 0.455 e. The normalized spacial score (nSPS) is 25.2. The number of aliphatic hydroxyl groups excluding tert-OH is 1. The molecule has 3 fully saturated rings. The summed E-state index contributed by atoms with van der Waals surface area (Å²) in [6.45, 7) is 2.17. The summed E-state index contributed by atoms with van der Waals surface area (Å²) in [7, 11) is -1.12. The number of imide groups is 1. The van der Waals surface area contributed by atoms with E-state index in [1.54, 1.807) is 6.07 Å². The molecule has 3 N–H and O–H groups in total. The molecular formula is C39H42BFN2O6. The molecule has 3 aliphatic heterocycles. The second-order valence-corrected chi connectivity index (χ2v) is 13.8. The molecule has 0 aromatic heterocycles. The highest BCUT2D eigenvalue weighted by molar-refractivity contribution is 6.43. The minimum atomic E-state index is -1.12. The number of rotatable bonds is 9. The van der Waals surface area contributed by atoms with Gasteiger partial charge < -0.3 is 19.9 Å². The van der Waals surface area contributed by atoms with Gasteiger partial charge in [0.25, 0.3) is 0 Å². The number of amides is 2. The molecule has 1 aliphatic carbocycles. The summed E-state index contributed by atoms with van der Waals surface area (Å²) in [5.41, 5.74) is 5.22. The van der Waals surface area contributed by atoms with E-state index in [1.807, 2.05) is 54.6 Å². The molecule has 7 rings (SSSR count). The minimum Gasteiger partial charge on any atom is -0.505 e. The summed E-state index contributed by atoms with van der Waals surface area (Å²) in [6, 6.07) is 24.1. The highest BCUT2D eigenvalue weighted by Crippen LogP contribution is 2.51. The van der Waals surface area contributed by atoms with E-state index in [-0.39, 0.29) is 30.8 Å². The zero-order valence-corrected chi connectivity index (χ0v) is 27.5. The standard InChI is InChI=1S/C39H42BFN2O6/c41-33-20-26(11-13-34(33)45)19-28(27-9-5-2-6-10-27)12-14-35-36-29(24-44)21-31-37(32(36)22-40(48)49-35)39(47)43(38(31)46)30-15-17-42(18-16-30)23-25-7-3-1-4-8-25/h1-11,13,19-20,30-32,35,37,44-45,48H,12,14-18,21-24H2/b28-19-/t31-,32+,35-,37-/m1/s1.